The molecule has 0 aliphatic rings. The Balaban J connectivity index is 4.02. The van der Waals surface area contributed by atoms with Crippen LogP contribution in [-0.4, -0.2) is 74.9 Å². The van der Waals surface area contributed by atoms with Gasteiger partial charge in [-0.1, -0.05) is 6.92 Å². The van der Waals surface area contributed by atoms with E-state index < -0.39 is 27.8 Å². The largest absolute Gasteiger partial charge is 0.356 e. The number of carbonyl (C=O) groups is 2. The summed E-state index contributed by atoms with van der Waals surface area (Å²) in [6.45, 7) is 3.72. The third-order valence-electron chi connectivity index (χ3n) is 3.43. The normalized spacial score (nSPS) is 12.4. The Morgan fingerprint density at radius 3 is 2.00 bits per heavy atom. The first-order valence-electron chi connectivity index (χ1n) is 8.73. The molecule has 0 aromatic heterocycles. The second kappa shape index (κ2) is 13.5. The second-order valence-corrected chi connectivity index (χ2v) is 9.43. The number of hydrogen-bond acceptors (Lipinski definition) is 6. The van der Waals surface area contributed by atoms with Crippen LogP contribution in [0.2, 0.25) is 0 Å². The van der Waals surface area contributed by atoms with Gasteiger partial charge >= 0.3 is 15.2 Å². The molecule has 0 bridgehead atoms. The minimum Gasteiger partial charge on any atom is -0.356 e. The van der Waals surface area contributed by atoms with Gasteiger partial charge in [0.05, 0.1) is 0 Å². The van der Waals surface area contributed by atoms with Gasteiger partial charge in [0.1, 0.15) is 18.4 Å². The summed E-state index contributed by atoms with van der Waals surface area (Å²) in [6, 6.07) is 0. The fourth-order valence-electron chi connectivity index (χ4n) is 2.30. The van der Waals surface area contributed by atoms with Crippen LogP contribution in [0.25, 0.3) is 0 Å². The van der Waals surface area contributed by atoms with Gasteiger partial charge < -0.3 is 30.2 Å². The zero-order valence-corrected chi connectivity index (χ0v) is 17.3. The van der Waals surface area contributed by atoms with Gasteiger partial charge in [-0.3, -0.25) is 23.6 Å². The molecule has 27 heavy (non-hydrogen) atoms. The lowest BCUT2D eigenvalue weighted by atomic mass is 10.1. The summed E-state index contributed by atoms with van der Waals surface area (Å²) >= 11 is 0. The Labute approximate surface area is 159 Å². The Morgan fingerprint density at radius 2 is 1.48 bits per heavy atom. The predicted octanol–water partition coefficient (Wildman–Crippen LogP) is -0.196. The first-order valence-corrected chi connectivity index (χ1v) is 12.3. The molecule has 11 nitrogen and oxygen atoms in total. The zero-order valence-electron chi connectivity index (χ0n) is 15.5. The summed E-state index contributed by atoms with van der Waals surface area (Å²) in [7, 11) is -8.94. The van der Waals surface area contributed by atoms with Crippen LogP contribution in [0.5, 0.6) is 0 Å². The SMILES string of the molecule is CCNCCC(=O)CCCNC(=O)CCCN(CP(=O)(O)O)CP(=O)(O)O. The van der Waals surface area contributed by atoms with Crippen LogP contribution < -0.4 is 10.6 Å². The van der Waals surface area contributed by atoms with E-state index in [0.717, 1.165) is 11.4 Å². The van der Waals surface area contributed by atoms with Crippen molar-refractivity contribution >= 4 is 26.9 Å². The zero-order chi connectivity index (χ0) is 20.9. The van der Waals surface area contributed by atoms with Gasteiger partial charge in [0.25, 0.3) is 0 Å². The van der Waals surface area contributed by atoms with Crippen LogP contribution in [0.3, 0.4) is 0 Å². The van der Waals surface area contributed by atoms with Gasteiger partial charge in [0.2, 0.25) is 5.91 Å². The van der Waals surface area contributed by atoms with Crippen molar-refractivity contribution in [2.75, 3.05) is 38.8 Å². The van der Waals surface area contributed by atoms with Crippen LogP contribution in [0.15, 0.2) is 0 Å². The molecule has 0 fully saturated rings. The molecule has 0 unspecified atom stereocenters. The third kappa shape index (κ3) is 18.5. The van der Waals surface area contributed by atoms with E-state index in [9.17, 15) is 18.7 Å². The smallest absolute Gasteiger partial charge is 0.339 e. The topological polar surface area (TPSA) is 176 Å². The average molecular weight is 431 g/mol. The summed E-state index contributed by atoms with van der Waals surface area (Å²) in [5.74, 6) is -0.168. The molecular weight excluding hydrogens is 400 g/mol. The van der Waals surface area contributed by atoms with Crippen molar-refractivity contribution in [2.24, 2.45) is 0 Å². The molecule has 0 spiro atoms. The highest BCUT2D eigenvalue weighted by Crippen LogP contribution is 2.40. The number of nitrogens with zero attached hydrogens (tertiary/aromatic N) is 1. The molecular formula is C14H31N3O8P2. The Hall–Kier alpha value is -0.640. The summed E-state index contributed by atoms with van der Waals surface area (Å²) in [5, 5.41) is 5.70. The molecule has 160 valence electrons. The van der Waals surface area contributed by atoms with Gasteiger partial charge in [-0.05, 0) is 25.9 Å². The van der Waals surface area contributed by atoms with E-state index in [1.807, 2.05) is 6.92 Å². The maximum absolute atomic E-state index is 11.7. The van der Waals surface area contributed by atoms with Crippen LogP contribution in [-0.2, 0) is 18.7 Å². The molecule has 6 N–H and O–H groups in total. The molecule has 0 radical (unpaired) electrons. The molecule has 0 atom stereocenters. The Bertz CT molecular complexity index is 524. The van der Waals surface area contributed by atoms with Crippen molar-refractivity contribution in [2.45, 2.75) is 39.0 Å². The second-order valence-electron chi connectivity index (χ2n) is 6.21. The molecule has 1 amide bonds. The Kier molecular flexibility index (Phi) is 13.2. The van der Waals surface area contributed by atoms with E-state index in [2.05, 4.69) is 10.6 Å². The van der Waals surface area contributed by atoms with Crippen molar-refractivity contribution in [3.8, 4) is 0 Å². The summed E-state index contributed by atoms with van der Waals surface area (Å²) in [6.07, 6.45) is 0.0319. The molecule has 13 heteroatoms. The average Bonchev–Trinajstić information content (AvgIpc) is 2.48. The molecule has 0 heterocycles. The highest BCUT2D eigenvalue weighted by atomic mass is 31.2. The lowest BCUT2D eigenvalue weighted by Gasteiger charge is -2.22. The minimum atomic E-state index is -4.47. The fourth-order valence-corrected chi connectivity index (χ4v) is 3.98. The molecule has 0 saturated heterocycles. The third-order valence-corrected chi connectivity index (χ3v) is 4.97. The van der Waals surface area contributed by atoms with Crippen molar-refractivity contribution < 1.29 is 38.3 Å². The van der Waals surface area contributed by atoms with E-state index in [1.54, 1.807) is 0 Å². The first kappa shape index (κ1) is 26.4. The molecule has 0 aromatic carbocycles. The molecule has 0 aliphatic carbocycles. The van der Waals surface area contributed by atoms with Crippen LogP contribution in [0, 0.1) is 0 Å². The van der Waals surface area contributed by atoms with E-state index in [-0.39, 0.29) is 31.1 Å². The van der Waals surface area contributed by atoms with E-state index in [1.165, 1.54) is 0 Å². The molecule has 0 saturated carbocycles. The van der Waals surface area contributed by atoms with Crippen molar-refractivity contribution in [3.05, 3.63) is 0 Å². The lowest BCUT2D eigenvalue weighted by molar-refractivity contribution is -0.122. The molecule has 0 aromatic rings. The fraction of sp³-hybridized carbons (Fsp3) is 0.857. The van der Waals surface area contributed by atoms with Gasteiger partial charge in [-0.15, -0.1) is 0 Å². The van der Waals surface area contributed by atoms with E-state index >= 15 is 0 Å². The monoisotopic (exact) mass is 431 g/mol. The van der Waals surface area contributed by atoms with Crippen LogP contribution in [0.1, 0.15) is 39.0 Å². The summed E-state index contributed by atoms with van der Waals surface area (Å²) in [5.41, 5.74) is 0. The maximum atomic E-state index is 11.7. The Morgan fingerprint density at radius 1 is 0.889 bits per heavy atom. The van der Waals surface area contributed by atoms with Crippen molar-refractivity contribution in [3.63, 3.8) is 0 Å². The number of ketones is 1. The van der Waals surface area contributed by atoms with E-state index in [0.29, 0.717) is 32.4 Å². The first-order chi connectivity index (χ1) is 12.4. The van der Waals surface area contributed by atoms with Crippen LogP contribution in [0.4, 0.5) is 0 Å². The predicted molar refractivity (Wildman–Crippen MR) is 100 cm³/mol. The number of rotatable bonds is 16. The van der Waals surface area contributed by atoms with Gasteiger partial charge in [-0.2, -0.15) is 0 Å². The number of nitrogens with one attached hydrogen (secondary N) is 2. The van der Waals surface area contributed by atoms with Gasteiger partial charge in [-0.25, -0.2) is 0 Å². The molecule has 0 aliphatic heterocycles. The summed E-state index contributed by atoms with van der Waals surface area (Å²) in [4.78, 5) is 60.0. The minimum absolute atomic E-state index is 0.0352. The number of amides is 1. The van der Waals surface area contributed by atoms with Gasteiger partial charge in [0.15, 0.2) is 0 Å². The standard InChI is InChI=1S/C14H31N3O8P2/c1-2-15-9-7-13(18)5-3-8-16-14(19)6-4-10-17(11-26(20,21)22)12-27(23,24)25/h15H,2-12H2,1H3,(H,16,19)(H2,20,21,22)(H2,23,24,25). The summed E-state index contributed by atoms with van der Waals surface area (Å²) < 4.78 is 22.1. The highest BCUT2D eigenvalue weighted by molar-refractivity contribution is 7.52. The molecule has 0 rings (SSSR count). The maximum Gasteiger partial charge on any atom is 0.339 e. The quantitative estimate of drug-likeness (QED) is 0.142. The number of hydrogen-bond donors (Lipinski definition) is 6. The van der Waals surface area contributed by atoms with E-state index in [4.69, 9.17) is 19.6 Å². The van der Waals surface area contributed by atoms with Crippen LogP contribution >= 0.6 is 15.2 Å². The highest BCUT2D eigenvalue weighted by Gasteiger charge is 2.25. The van der Waals surface area contributed by atoms with Crippen molar-refractivity contribution in [1.82, 2.24) is 15.5 Å². The lowest BCUT2D eigenvalue weighted by Crippen LogP contribution is -2.29. The number of Topliss-reactive ketones (excluding diaryl/α,β-unsaturated/α-hetero) is 1. The number of carbonyl (C=O) groups excluding carboxylic acids is 2. The van der Waals surface area contributed by atoms with Crippen molar-refractivity contribution in [1.29, 1.82) is 0 Å². The van der Waals surface area contributed by atoms with Gasteiger partial charge in [0, 0.05) is 32.4 Å².